The zero-order chi connectivity index (χ0) is 18.4. The molecule has 0 fully saturated rings. The maximum absolute atomic E-state index is 11.3. The molecule has 3 nitrogen and oxygen atoms in total. The predicted octanol–water partition coefficient (Wildman–Crippen LogP) is 5.84. The van der Waals surface area contributed by atoms with Crippen molar-refractivity contribution in [2.75, 3.05) is 13.7 Å². The Hall–Kier alpha value is -1.61. The van der Waals surface area contributed by atoms with Crippen molar-refractivity contribution in [1.82, 2.24) is 0 Å². The minimum Gasteiger partial charge on any atom is -0.478 e. The molecule has 0 bridgehead atoms. The SMILES string of the molecule is COCC=C(C)CCC=C(CCC=C(C)CCC=C(C)C)C(=O)O. The van der Waals surface area contributed by atoms with Gasteiger partial charge in [-0.1, -0.05) is 41.0 Å². The molecule has 0 rings (SSSR count). The van der Waals surface area contributed by atoms with Crippen LogP contribution in [0.5, 0.6) is 0 Å². The molecule has 0 saturated carbocycles. The summed E-state index contributed by atoms with van der Waals surface area (Å²) in [6.07, 6.45) is 13.4. The summed E-state index contributed by atoms with van der Waals surface area (Å²) in [5.41, 5.74) is 4.42. The number of allylic oxidation sites excluding steroid dienone is 6. The van der Waals surface area contributed by atoms with Gasteiger partial charge in [0.05, 0.1) is 6.61 Å². The maximum atomic E-state index is 11.3. The Balaban J connectivity index is 4.36. The first kappa shape index (κ1) is 22.4. The Labute approximate surface area is 147 Å². The predicted molar refractivity (Wildman–Crippen MR) is 102 cm³/mol. The van der Waals surface area contributed by atoms with E-state index in [2.05, 4.69) is 32.9 Å². The molecule has 0 aromatic rings. The number of aliphatic carboxylic acids is 1. The number of carboxylic acids is 1. The number of ether oxygens (including phenoxy) is 1. The number of hydrogen-bond donors (Lipinski definition) is 1. The first-order valence-corrected chi connectivity index (χ1v) is 8.72. The van der Waals surface area contributed by atoms with E-state index in [-0.39, 0.29) is 0 Å². The smallest absolute Gasteiger partial charge is 0.331 e. The van der Waals surface area contributed by atoms with Gasteiger partial charge in [0.2, 0.25) is 0 Å². The van der Waals surface area contributed by atoms with Gasteiger partial charge in [-0.05, 0) is 66.2 Å². The third-order valence-corrected chi connectivity index (χ3v) is 3.80. The maximum Gasteiger partial charge on any atom is 0.331 e. The third-order valence-electron chi connectivity index (χ3n) is 3.80. The molecule has 0 aromatic heterocycles. The minimum absolute atomic E-state index is 0.517. The zero-order valence-electron chi connectivity index (χ0n) is 16.0. The number of carboxylic acid groups (broad SMARTS) is 1. The lowest BCUT2D eigenvalue weighted by Gasteiger charge is -2.03. The van der Waals surface area contributed by atoms with Crippen LogP contribution in [0.15, 0.2) is 46.6 Å². The van der Waals surface area contributed by atoms with Gasteiger partial charge >= 0.3 is 5.97 Å². The highest BCUT2D eigenvalue weighted by atomic mass is 16.5. The highest BCUT2D eigenvalue weighted by Crippen LogP contribution is 2.14. The van der Waals surface area contributed by atoms with Crippen LogP contribution in [-0.4, -0.2) is 24.8 Å². The van der Waals surface area contributed by atoms with Gasteiger partial charge in [-0.25, -0.2) is 4.79 Å². The molecule has 0 aromatic carbocycles. The fourth-order valence-electron chi connectivity index (χ4n) is 2.26. The van der Waals surface area contributed by atoms with Gasteiger partial charge in [-0.2, -0.15) is 0 Å². The topological polar surface area (TPSA) is 46.5 Å². The first-order valence-electron chi connectivity index (χ1n) is 8.72. The van der Waals surface area contributed by atoms with Crippen LogP contribution >= 0.6 is 0 Å². The zero-order valence-corrected chi connectivity index (χ0v) is 16.0. The van der Waals surface area contributed by atoms with Crippen molar-refractivity contribution in [1.29, 1.82) is 0 Å². The number of rotatable bonds is 12. The van der Waals surface area contributed by atoms with Gasteiger partial charge in [0.15, 0.2) is 0 Å². The van der Waals surface area contributed by atoms with Gasteiger partial charge in [-0.3, -0.25) is 0 Å². The molecule has 0 atom stereocenters. The Bertz CT molecular complexity index is 489. The molecule has 0 unspecified atom stereocenters. The number of hydrogen-bond acceptors (Lipinski definition) is 2. The Morgan fingerprint density at radius 2 is 1.38 bits per heavy atom. The molecule has 0 aliphatic rings. The van der Waals surface area contributed by atoms with Crippen LogP contribution < -0.4 is 0 Å². The monoisotopic (exact) mass is 334 g/mol. The molecule has 136 valence electrons. The van der Waals surface area contributed by atoms with E-state index in [9.17, 15) is 9.90 Å². The molecule has 24 heavy (non-hydrogen) atoms. The van der Waals surface area contributed by atoms with Crippen LogP contribution in [0, 0.1) is 0 Å². The quantitative estimate of drug-likeness (QED) is 0.360. The van der Waals surface area contributed by atoms with Crippen molar-refractivity contribution in [3.05, 3.63) is 46.6 Å². The number of methoxy groups -OCH3 is 1. The minimum atomic E-state index is -0.802. The van der Waals surface area contributed by atoms with Crippen molar-refractivity contribution in [3.8, 4) is 0 Å². The second kappa shape index (κ2) is 13.8. The summed E-state index contributed by atoms with van der Waals surface area (Å²) >= 11 is 0. The average molecular weight is 335 g/mol. The molecule has 0 heterocycles. The molecule has 0 saturated heterocycles. The van der Waals surface area contributed by atoms with E-state index in [0.717, 1.165) is 32.1 Å². The molecule has 0 aliphatic heterocycles. The molecular formula is C21H34O3. The van der Waals surface area contributed by atoms with Crippen LogP contribution in [0.1, 0.15) is 66.2 Å². The van der Waals surface area contributed by atoms with Crippen molar-refractivity contribution in [2.24, 2.45) is 0 Å². The lowest BCUT2D eigenvalue weighted by molar-refractivity contribution is -0.132. The lowest BCUT2D eigenvalue weighted by Crippen LogP contribution is -2.00. The van der Waals surface area contributed by atoms with E-state index in [4.69, 9.17) is 4.74 Å². The van der Waals surface area contributed by atoms with Gasteiger partial charge in [0.1, 0.15) is 0 Å². The van der Waals surface area contributed by atoms with Crippen molar-refractivity contribution in [3.63, 3.8) is 0 Å². The fourth-order valence-corrected chi connectivity index (χ4v) is 2.26. The third kappa shape index (κ3) is 12.9. The Morgan fingerprint density at radius 1 is 0.833 bits per heavy atom. The van der Waals surface area contributed by atoms with Crippen LogP contribution in [0.2, 0.25) is 0 Å². The number of carbonyl (C=O) groups is 1. The van der Waals surface area contributed by atoms with E-state index in [1.807, 2.05) is 19.1 Å². The second-order valence-corrected chi connectivity index (χ2v) is 6.49. The van der Waals surface area contributed by atoms with Crippen molar-refractivity contribution < 1.29 is 14.6 Å². The molecule has 1 N–H and O–H groups in total. The van der Waals surface area contributed by atoms with E-state index in [0.29, 0.717) is 18.6 Å². The summed E-state index contributed by atoms with van der Waals surface area (Å²) in [4.78, 5) is 11.3. The fraction of sp³-hybridized carbons (Fsp3) is 0.571. The van der Waals surface area contributed by atoms with E-state index < -0.39 is 5.97 Å². The summed E-state index contributed by atoms with van der Waals surface area (Å²) in [6.45, 7) is 8.99. The largest absolute Gasteiger partial charge is 0.478 e. The molecular weight excluding hydrogens is 300 g/mol. The highest BCUT2D eigenvalue weighted by molar-refractivity contribution is 5.86. The molecule has 0 radical (unpaired) electrons. The summed E-state index contributed by atoms with van der Waals surface area (Å²) in [7, 11) is 1.67. The van der Waals surface area contributed by atoms with Gasteiger partial charge in [-0.15, -0.1) is 0 Å². The van der Waals surface area contributed by atoms with Crippen LogP contribution in [0.25, 0.3) is 0 Å². The summed E-state index contributed by atoms with van der Waals surface area (Å²) in [6, 6.07) is 0. The van der Waals surface area contributed by atoms with Crippen molar-refractivity contribution in [2.45, 2.75) is 66.2 Å². The summed E-state index contributed by atoms with van der Waals surface area (Å²) in [5.74, 6) is -0.802. The Kier molecular flexibility index (Phi) is 12.9. The first-order chi connectivity index (χ1) is 11.4. The highest BCUT2D eigenvalue weighted by Gasteiger charge is 2.05. The second-order valence-electron chi connectivity index (χ2n) is 6.49. The van der Waals surface area contributed by atoms with E-state index >= 15 is 0 Å². The molecule has 0 amide bonds. The van der Waals surface area contributed by atoms with E-state index in [1.54, 1.807) is 7.11 Å². The molecule has 0 aliphatic carbocycles. The van der Waals surface area contributed by atoms with E-state index in [1.165, 1.54) is 16.7 Å². The Morgan fingerprint density at radius 3 is 1.92 bits per heavy atom. The standard InChI is InChI=1S/C21H34O3/c1-17(2)9-6-10-18(3)11-7-13-20(21(22)23)14-8-12-19(4)15-16-24-5/h9,11,14-15H,6-8,10,12-13,16H2,1-5H3,(H,22,23). The van der Waals surface area contributed by atoms with Gasteiger partial charge in [0, 0.05) is 12.7 Å². The molecule has 0 spiro atoms. The van der Waals surface area contributed by atoms with Crippen molar-refractivity contribution >= 4 is 5.97 Å². The van der Waals surface area contributed by atoms with Crippen LogP contribution in [-0.2, 0) is 9.53 Å². The van der Waals surface area contributed by atoms with Gasteiger partial charge in [0.25, 0.3) is 0 Å². The average Bonchev–Trinajstić information content (AvgIpc) is 2.50. The van der Waals surface area contributed by atoms with Gasteiger partial charge < -0.3 is 9.84 Å². The normalized spacial score (nSPS) is 13.1. The van der Waals surface area contributed by atoms with Crippen LogP contribution in [0.4, 0.5) is 0 Å². The lowest BCUT2D eigenvalue weighted by atomic mass is 10.0. The molecule has 3 heteroatoms. The van der Waals surface area contributed by atoms with Crippen LogP contribution in [0.3, 0.4) is 0 Å². The summed E-state index contributed by atoms with van der Waals surface area (Å²) in [5, 5.41) is 9.32. The summed E-state index contributed by atoms with van der Waals surface area (Å²) < 4.78 is 5.00.